The summed E-state index contributed by atoms with van der Waals surface area (Å²) < 4.78 is 5.54. The molecule has 2 bridgehead atoms. The average Bonchev–Trinajstić information content (AvgIpc) is 3.31. The number of fused-ring (bicyclic) bond motifs is 3. The van der Waals surface area contributed by atoms with Crippen molar-refractivity contribution in [3.8, 4) is 0 Å². The number of aromatic nitrogens is 4. The first-order chi connectivity index (χ1) is 10.9. The van der Waals surface area contributed by atoms with Crippen LogP contribution in [-0.4, -0.2) is 32.2 Å². The lowest BCUT2D eigenvalue weighted by Gasteiger charge is -2.15. The predicted molar refractivity (Wildman–Crippen MR) is 80.5 cm³/mol. The zero-order chi connectivity index (χ0) is 14.5. The Hall–Kier alpha value is -2.21. The van der Waals surface area contributed by atoms with Gasteiger partial charge in [0.2, 0.25) is 5.89 Å². The van der Waals surface area contributed by atoms with Crippen molar-refractivity contribution in [1.82, 2.24) is 25.4 Å². The van der Waals surface area contributed by atoms with Gasteiger partial charge < -0.3 is 14.8 Å². The number of hydrogen-bond acceptors (Lipinski definition) is 5. The Bertz CT molecular complexity index is 823. The summed E-state index contributed by atoms with van der Waals surface area (Å²) in [6.45, 7) is 0. The van der Waals surface area contributed by atoms with Gasteiger partial charge in [-0.1, -0.05) is 5.16 Å². The smallest absolute Gasteiger partial charge is 0.231 e. The molecule has 0 aliphatic carbocycles. The van der Waals surface area contributed by atoms with Gasteiger partial charge >= 0.3 is 0 Å². The summed E-state index contributed by atoms with van der Waals surface area (Å²) in [5.41, 5.74) is 2.06. The number of rotatable bonds is 3. The number of H-pyrrole nitrogens is 1. The summed E-state index contributed by atoms with van der Waals surface area (Å²) in [5, 5.41) is 8.91. The van der Waals surface area contributed by atoms with E-state index >= 15 is 0 Å². The van der Waals surface area contributed by atoms with Gasteiger partial charge in [-0.25, -0.2) is 4.98 Å². The third-order valence-electron chi connectivity index (χ3n) is 4.99. The Labute approximate surface area is 127 Å². The van der Waals surface area contributed by atoms with Crippen molar-refractivity contribution in [2.45, 2.75) is 43.7 Å². The van der Waals surface area contributed by atoms with Crippen molar-refractivity contribution in [3.05, 3.63) is 41.8 Å². The van der Waals surface area contributed by atoms with Crippen LogP contribution in [0.15, 0.2) is 29.0 Å². The minimum absolute atomic E-state index is 0.393. The number of hydrogen-bond donors (Lipinski definition) is 2. The molecule has 5 heterocycles. The molecule has 0 radical (unpaired) electrons. The van der Waals surface area contributed by atoms with Crippen LogP contribution in [0.5, 0.6) is 0 Å². The Balaban J connectivity index is 1.40. The van der Waals surface area contributed by atoms with Crippen molar-refractivity contribution in [2.24, 2.45) is 0 Å². The van der Waals surface area contributed by atoms with Gasteiger partial charge in [0.25, 0.3) is 0 Å². The Kier molecular flexibility index (Phi) is 2.61. The van der Waals surface area contributed by atoms with Crippen LogP contribution in [0.4, 0.5) is 0 Å². The number of pyridine rings is 1. The van der Waals surface area contributed by atoms with Gasteiger partial charge in [0.05, 0.1) is 5.92 Å². The maximum Gasteiger partial charge on any atom is 0.231 e. The van der Waals surface area contributed by atoms with E-state index in [2.05, 4.69) is 31.5 Å². The summed E-state index contributed by atoms with van der Waals surface area (Å²) in [5.74, 6) is 1.94. The minimum Gasteiger partial charge on any atom is -0.346 e. The lowest BCUT2D eigenvalue weighted by molar-refractivity contribution is 0.327. The molecule has 0 amide bonds. The second kappa shape index (κ2) is 4.64. The summed E-state index contributed by atoms with van der Waals surface area (Å²) >= 11 is 0. The molecule has 112 valence electrons. The molecule has 22 heavy (non-hydrogen) atoms. The van der Waals surface area contributed by atoms with Crippen LogP contribution < -0.4 is 5.32 Å². The van der Waals surface area contributed by atoms with Crippen LogP contribution in [0.3, 0.4) is 0 Å². The third-order valence-corrected chi connectivity index (χ3v) is 4.99. The molecule has 6 heteroatoms. The van der Waals surface area contributed by atoms with Crippen LogP contribution in [0.2, 0.25) is 0 Å². The molecule has 2 fully saturated rings. The number of nitrogens with one attached hydrogen (secondary N) is 2. The first kappa shape index (κ1) is 12.3. The SMILES string of the molecule is c1cnc2[nH]cc(Cc3noc([C@@H]4C[C@@H]5CC[C@H]4N5)n3)c2c1. The molecular formula is C16H17N5O. The lowest BCUT2D eigenvalue weighted by atomic mass is 9.89. The van der Waals surface area contributed by atoms with Gasteiger partial charge in [0.1, 0.15) is 5.65 Å². The van der Waals surface area contributed by atoms with Crippen LogP contribution in [0.1, 0.15) is 42.5 Å². The fraction of sp³-hybridized carbons (Fsp3) is 0.438. The maximum atomic E-state index is 5.54. The normalized spacial score (nSPS) is 27.0. The first-order valence-electron chi connectivity index (χ1n) is 7.86. The van der Waals surface area contributed by atoms with E-state index in [9.17, 15) is 0 Å². The van der Waals surface area contributed by atoms with Crippen molar-refractivity contribution in [1.29, 1.82) is 0 Å². The first-order valence-corrected chi connectivity index (χ1v) is 7.86. The molecule has 3 aromatic heterocycles. The largest absolute Gasteiger partial charge is 0.346 e. The van der Waals surface area contributed by atoms with Crippen molar-refractivity contribution in [2.75, 3.05) is 0 Å². The van der Waals surface area contributed by atoms with Gasteiger partial charge in [-0.3, -0.25) is 0 Å². The molecule has 6 nitrogen and oxygen atoms in total. The van der Waals surface area contributed by atoms with E-state index in [1.807, 2.05) is 12.3 Å². The van der Waals surface area contributed by atoms with E-state index in [1.165, 1.54) is 12.8 Å². The summed E-state index contributed by atoms with van der Waals surface area (Å²) in [6.07, 6.45) is 8.07. The summed E-state index contributed by atoms with van der Waals surface area (Å²) in [4.78, 5) is 12.1. The fourth-order valence-electron chi connectivity index (χ4n) is 3.92. The van der Waals surface area contributed by atoms with E-state index in [1.54, 1.807) is 6.20 Å². The van der Waals surface area contributed by atoms with Crippen LogP contribution >= 0.6 is 0 Å². The van der Waals surface area contributed by atoms with Gasteiger partial charge in [0.15, 0.2) is 5.82 Å². The molecule has 2 N–H and O–H groups in total. The number of aromatic amines is 1. The second-order valence-corrected chi connectivity index (χ2v) is 6.33. The molecule has 5 rings (SSSR count). The lowest BCUT2D eigenvalue weighted by Crippen LogP contribution is -2.21. The molecule has 0 aromatic carbocycles. The van der Waals surface area contributed by atoms with Gasteiger partial charge in [-0.2, -0.15) is 4.98 Å². The van der Waals surface area contributed by atoms with Crippen molar-refractivity contribution < 1.29 is 4.52 Å². The topological polar surface area (TPSA) is 79.6 Å². The van der Waals surface area contributed by atoms with E-state index in [4.69, 9.17) is 4.52 Å². The van der Waals surface area contributed by atoms with Gasteiger partial charge in [0, 0.05) is 36.3 Å². The minimum atomic E-state index is 0.393. The Morgan fingerprint density at radius 3 is 3.18 bits per heavy atom. The monoisotopic (exact) mass is 295 g/mol. The highest BCUT2D eigenvalue weighted by atomic mass is 16.5. The second-order valence-electron chi connectivity index (χ2n) is 6.33. The summed E-state index contributed by atoms with van der Waals surface area (Å²) in [6, 6.07) is 5.18. The van der Waals surface area contributed by atoms with E-state index in [0.717, 1.165) is 34.7 Å². The predicted octanol–water partition coefficient (Wildman–Crippen LogP) is 2.14. The molecule has 0 unspecified atom stereocenters. The standard InChI is InChI=1S/C16H17N5O/c1-2-11-9(8-18-15(11)17-5-1)6-14-20-16(22-21-14)12-7-10-3-4-13(12)19-10/h1-2,5,8,10,12-13,19H,3-4,6-7H2,(H,17,18)/t10-,12+,13+/m0/s1. The maximum absolute atomic E-state index is 5.54. The molecular weight excluding hydrogens is 278 g/mol. The van der Waals surface area contributed by atoms with Crippen molar-refractivity contribution in [3.63, 3.8) is 0 Å². The molecule has 0 spiro atoms. The van der Waals surface area contributed by atoms with Crippen LogP contribution in [0.25, 0.3) is 11.0 Å². The Morgan fingerprint density at radius 1 is 1.32 bits per heavy atom. The fourth-order valence-corrected chi connectivity index (χ4v) is 3.92. The van der Waals surface area contributed by atoms with E-state index < -0.39 is 0 Å². The van der Waals surface area contributed by atoms with Crippen molar-refractivity contribution >= 4 is 11.0 Å². The zero-order valence-corrected chi connectivity index (χ0v) is 12.1. The van der Waals surface area contributed by atoms with Crippen LogP contribution in [0, 0.1) is 0 Å². The van der Waals surface area contributed by atoms with Gasteiger partial charge in [-0.05, 0) is 37.0 Å². The molecule has 3 atom stereocenters. The molecule has 2 aliphatic rings. The molecule has 2 aliphatic heterocycles. The van der Waals surface area contributed by atoms with Crippen LogP contribution in [-0.2, 0) is 6.42 Å². The highest BCUT2D eigenvalue weighted by Gasteiger charge is 2.42. The highest BCUT2D eigenvalue weighted by Crippen LogP contribution is 2.39. The zero-order valence-electron chi connectivity index (χ0n) is 12.1. The summed E-state index contributed by atoms with van der Waals surface area (Å²) in [7, 11) is 0. The molecule has 0 saturated carbocycles. The molecule has 3 aromatic rings. The quantitative estimate of drug-likeness (QED) is 0.774. The highest BCUT2D eigenvalue weighted by molar-refractivity contribution is 5.79. The van der Waals surface area contributed by atoms with Gasteiger partial charge in [-0.15, -0.1) is 0 Å². The average molecular weight is 295 g/mol. The number of nitrogens with zero attached hydrogens (tertiary/aromatic N) is 3. The third kappa shape index (κ3) is 1.87. The molecule has 2 saturated heterocycles. The van der Waals surface area contributed by atoms with E-state index in [0.29, 0.717) is 24.4 Å². The Morgan fingerprint density at radius 2 is 2.32 bits per heavy atom. The van der Waals surface area contributed by atoms with E-state index in [-0.39, 0.29) is 0 Å².